The van der Waals surface area contributed by atoms with Crippen LogP contribution >= 0.6 is 0 Å². The summed E-state index contributed by atoms with van der Waals surface area (Å²) in [6.45, 7) is 2.85. The van der Waals surface area contributed by atoms with E-state index in [0.29, 0.717) is 67.0 Å². The summed E-state index contributed by atoms with van der Waals surface area (Å²) in [7, 11) is 18.1. The molecule has 3 aromatic carbocycles. The molecule has 18 heteroatoms. The number of esters is 3. The summed E-state index contributed by atoms with van der Waals surface area (Å²) in [6, 6.07) is 18.4. The van der Waals surface area contributed by atoms with E-state index in [4.69, 9.17) is 28.4 Å². The molecule has 1 heterocycles. The maximum absolute atomic E-state index is 12.5. The zero-order chi connectivity index (χ0) is 39.5. The van der Waals surface area contributed by atoms with Gasteiger partial charge in [-0.3, -0.25) is 0 Å². The van der Waals surface area contributed by atoms with Gasteiger partial charge in [-0.25, -0.2) is 14.4 Å². The normalized spacial score (nSPS) is 11.1. The highest BCUT2D eigenvalue weighted by molar-refractivity contribution is 5.90. The summed E-state index contributed by atoms with van der Waals surface area (Å²) < 4.78 is 35.9. The van der Waals surface area contributed by atoms with Gasteiger partial charge in [-0.15, -0.1) is 15.0 Å². The Bertz CT molecular complexity index is 1650. The second-order valence-corrected chi connectivity index (χ2v) is 15.5. The molecule has 0 saturated heterocycles. The molecule has 4 aromatic rings. The van der Waals surface area contributed by atoms with Crippen LogP contribution in [0.25, 0.3) is 0 Å². The number of rotatable bonds is 18. The van der Waals surface area contributed by atoms with Gasteiger partial charge < -0.3 is 114 Å². The first-order valence-electron chi connectivity index (χ1n) is 17.3. The monoisotopic (exact) mass is 1130 g/mol. The highest BCUT2D eigenvalue weighted by Crippen LogP contribution is 2.28. The van der Waals surface area contributed by atoms with E-state index < -0.39 is 17.9 Å². The van der Waals surface area contributed by atoms with Gasteiger partial charge in [-0.1, -0.05) is 0 Å². The van der Waals surface area contributed by atoms with Gasteiger partial charge in [-0.05, 0) is 72.8 Å². The molecular weight excluding hydrogens is 1080 g/mol. The van der Waals surface area contributed by atoms with Gasteiger partial charge in [0.15, 0.2) is 0 Å². The largest absolute Gasteiger partial charge is 1.00 e. The van der Waals surface area contributed by atoms with Gasteiger partial charge in [0.25, 0.3) is 0 Å². The van der Waals surface area contributed by atoms with Crippen molar-refractivity contribution in [2.24, 2.45) is 0 Å². The standard InChI is InChI=1S/C39H51N6O9.3HI/c1-43(2,3)22-25-49-34(46)28-10-16-31(17-11-28)52-37-40-38(53-32-18-12-29(13-19-32)35(47)50-26-23-44(4,5)6)42-39(41-37)54-33-20-14-30(15-21-33)36(48)51-27-24-45(7,8)9;;;/h10-21H,22-27H2,1-9H3;3*1H/q+3;;;/p-3. The maximum Gasteiger partial charge on any atom is 0.338 e. The molecule has 1 aromatic heterocycles. The van der Waals surface area contributed by atoms with Crippen LogP contribution in [-0.2, 0) is 14.2 Å². The highest BCUT2D eigenvalue weighted by atomic mass is 127. The van der Waals surface area contributed by atoms with Crippen LogP contribution < -0.4 is 86.1 Å². The zero-order valence-corrected chi connectivity index (χ0v) is 40.1. The van der Waals surface area contributed by atoms with Crippen LogP contribution in [0.4, 0.5) is 0 Å². The molecule has 0 aliphatic heterocycles. The Morgan fingerprint density at radius 3 is 0.807 bits per heavy atom. The fraction of sp³-hybridized carbons (Fsp3) is 0.385. The minimum absolute atomic E-state index is 0. The van der Waals surface area contributed by atoms with E-state index in [1.165, 1.54) is 0 Å². The molecular formula is C39H51I3N6O9. The lowest BCUT2D eigenvalue weighted by atomic mass is 10.2. The minimum Gasteiger partial charge on any atom is -1.00 e. The predicted molar refractivity (Wildman–Crippen MR) is 199 cm³/mol. The number of aromatic nitrogens is 3. The number of nitrogens with zero attached hydrogens (tertiary/aromatic N) is 6. The van der Waals surface area contributed by atoms with E-state index in [9.17, 15) is 14.4 Å². The number of quaternary nitrogens is 3. The SMILES string of the molecule is C[N+](C)(C)CCOC(=O)c1ccc(Oc2nc(Oc3ccc(C(=O)OCC[N+](C)(C)C)cc3)nc(Oc3ccc(C(=O)OCC[N+](C)(C)C)cc3)n2)cc1.[I-].[I-].[I-]. The summed E-state index contributed by atoms with van der Waals surface area (Å²) in [4.78, 5) is 50.5. The first-order chi connectivity index (χ1) is 25.3. The van der Waals surface area contributed by atoms with Gasteiger partial charge >= 0.3 is 35.9 Å². The van der Waals surface area contributed by atoms with Gasteiger partial charge in [0.1, 0.15) is 56.7 Å². The van der Waals surface area contributed by atoms with Crippen molar-refractivity contribution in [3.8, 4) is 35.3 Å². The van der Waals surface area contributed by atoms with E-state index >= 15 is 0 Å². The average Bonchev–Trinajstić information content (AvgIpc) is 3.07. The van der Waals surface area contributed by atoms with Crippen LogP contribution in [0.1, 0.15) is 31.1 Å². The fourth-order valence-electron chi connectivity index (χ4n) is 4.24. The first-order valence-corrected chi connectivity index (χ1v) is 17.3. The van der Waals surface area contributed by atoms with Crippen LogP contribution in [0.5, 0.6) is 35.3 Å². The van der Waals surface area contributed by atoms with Crippen molar-refractivity contribution in [1.29, 1.82) is 0 Å². The van der Waals surface area contributed by atoms with Crippen molar-refractivity contribution < 1.29 is 128 Å². The summed E-state index contributed by atoms with van der Waals surface area (Å²) >= 11 is 0. The minimum atomic E-state index is -0.451. The quantitative estimate of drug-likeness (QED) is 0.0414. The topological polar surface area (TPSA) is 145 Å². The predicted octanol–water partition coefficient (Wildman–Crippen LogP) is -4.15. The van der Waals surface area contributed by atoms with Gasteiger partial charge in [0, 0.05) is 0 Å². The molecule has 0 atom stereocenters. The lowest BCUT2D eigenvalue weighted by molar-refractivity contribution is -0.870. The third-order valence-electron chi connectivity index (χ3n) is 7.46. The third-order valence-corrected chi connectivity index (χ3v) is 7.46. The fourth-order valence-corrected chi connectivity index (χ4v) is 4.24. The molecule has 312 valence electrons. The molecule has 4 rings (SSSR count). The van der Waals surface area contributed by atoms with Gasteiger partial charge in [-0.2, -0.15) is 0 Å². The van der Waals surface area contributed by atoms with E-state index in [-0.39, 0.29) is 110 Å². The van der Waals surface area contributed by atoms with Gasteiger partial charge in [0.05, 0.1) is 80.1 Å². The summed E-state index contributed by atoms with van der Waals surface area (Å²) in [5.74, 6) is -0.387. The van der Waals surface area contributed by atoms with E-state index in [2.05, 4.69) is 15.0 Å². The van der Waals surface area contributed by atoms with Crippen LogP contribution in [0.2, 0.25) is 0 Å². The second-order valence-electron chi connectivity index (χ2n) is 15.5. The second kappa shape index (κ2) is 23.2. The molecule has 0 unspecified atom stereocenters. The third kappa shape index (κ3) is 19.2. The summed E-state index contributed by atoms with van der Waals surface area (Å²) in [5, 5.41) is 0. The Morgan fingerprint density at radius 1 is 0.404 bits per heavy atom. The molecule has 0 saturated carbocycles. The number of hydrogen-bond donors (Lipinski definition) is 0. The van der Waals surface area contributed by atoms with Crippen LogP contribution in [0.3, 0.4) is 0 Å². The molecule has 0 amide bonds. The molecule has 0 N–H and O–H groups in total. The Balaban J connectivity index is 0.00000541. The van der Waals surface area contributed by atoms with Crippen molar-refractivity contribution in [3.05, 3.63) is 89.5 Å². The number of hydrogen-bond acceptors (Lipinski definition) is 12. The first kappa shape index (κ1) is 51.6. The number of carbonyl (C=O) groups is 3. The van der Waals surface area contributed by atoms with Crippen molar-refractivity contribution in [2.45, 2.75) is 0 Å². The maximum atomic E-state index is 12.5. The van der Waals surface area contributed by atoms with Crippen molar-refractivity contribution >= 4 is 17.9 Å². The molecule has 57 heavy (non-hydrogen) atoms. The molecule has 0 radical (unpaired) electrons. The van der Waals surface area contributed by atoms with Crippen LogP contribution in [0, 0.1) is 0 Å². The van der Waals surface area contributed by atoms with Crippen molar-refractivity contribution in [1.82, 2.24) is 15.0 Å². The number of ether oxygens (including phenoxy) is 6. The average molecular weight is 1130 g/mol. The molecule has 15 nitrogen and oxygen atoms in total. The smallest absolute Gasteiger partial charge is 0.338 e. The number of carbonyl (C=O) groups excluding carboxylic acids is 3. The molecule has 0 aliphatic carbocycles. The van der Waals surface area contributed by atoms with E-state index in [0.717, 1.165) is 0 Å². The lowest BCUT2D eigenvalue weighted by Gasteiger charge is -2.23. The van der Waals surface area contributed by atoms with Crippen molar-refractivity contribution in [2.75, 3.05) is 103 Å². The Hall–Kier alpha value is -3.45. The number of benzene rings is 3. The molecule has 0 spiro atoms. The summed E-state index contributed by atoms with van der Waals surface area (Å²) in [6.07, 6.45) is 0. The molecule has 0 bridgehead atoms. The Kier molecular flexibility index (Phi) is 21.0. The lowest BCUT2D eigenvalue weighted by Crippen LogP contribution is -3.00. The molecule has 0 fully saturated rings. The van der Waals surface area contributed by atoms with Crippen LogP contribution in [0.15, 0.2) is 72.8 Å². The number of likely N-dealkylation sites (N-methyl/N-ethyl adjacent to an activating group) is 3. The van der Waals surface area contributed by atoms with E-state index in [1.807, 2.05) is 63.4 Å². The zero-order valence-electron chi connectivity index (χ0n) is 33.7. The number of halogens is 3. The van der Waals surface area contributed by atoms with Crippen LogP contribution in [-0.4, -0.2) is 149 Å². The Morgan fingerprint density at radius 2 is 0.614 bits per heavy atom. The molecule has 0 aliphatic rings. The van der Waals surface area contributed by atoms with E-state index in [1.54, 1.807) is 72.8 Å². The highest BCUT2D eigenvalue weighted by Gasteiger charge is 2.17. The van der Waals surface area contributed by atoms with Gasteiger partial charge in [0.2, 0.25) is 0 Å². The Labute approximate surface area is 385 Å². The summed E-state index contributed by atoms with van der Waals surface area (Å²) in [5.41, 5.74) is 1.07. The van der Waals surface area contributed by atoms with Crippen molar-refractivity contribution in [3.63, 3.8) is 0 Å².